The summed E-state index contributed by atoms with van der Waals surface area (Å²) in [5.74, 6) is -0.139. The van der Waals surface area contributed by atoms with Crippen molar-refractivity contribution in [3.05, 3.63) is 71.5 Å². The highest BCUT2D eigenvalue weighted by Crippen LogP contribution is 2.05. The SMILES string of the molecule is Fc1ccccc1CNCCc1ccccc1. The summed E-state index contributed by atoms with van der Waals surface area (Å²) in [6, 6.07) is 17.2. The molecule has 0 saturated heterocycles. The van der Waals surface area contributed by atoms with E-state index in [1.54, 1.807) is 6.07 Å². The minimum Gasteiger partial charge on any atom is -0.312 e. The molecule has 0 aliphatic rings. The molecule has 88 valence electrons. The quantitative estimate of drug-likeness (QED) is 0.777. The summed E-state index contributed by atoms with van der Waals surface area (Å²) < 4.78 is 13.3. The molecule has 2 aromatic carbocycles. The lowest BCUT2D eigenvalue weighted by Gasteiger charge is -2.05. The topological polar surface area (TPSA) is 12.0 Å². The van der Waals surface area contributed by atoms with E-state index < -0.39 is 0 Å². The molecule has 0 atom stereocenters. The van der Waals surface area contributed by atoms with Crippen LogP contribution in [0.2, 0.25) is 0 Å². The predicted octanol–water partition coefficient (Wildman–Crippen LogP) is 3.16. The van der Waals surface area contributed by atoms with Crippen LogP contribution in [0, 0.1) is 5.82 Å². The maximum atomic E-state index is 13.3. The molecule has 0 heterocycles. The second-order valence-electron chi connectivity index (χ2n) is 4.00. The number of nitrogens with one attached hydrogen (secondary N) is 1. The predicted molar refractivity (Wildman–Crippen MR) is 68.3 cm³/mol. The van der Waals surface area contributed by atoms with Gasteiger partial charge in [0.25, 0.3) is 0 Å². The van der Waals surface area contributed by atoms with Crippen molar-refractivity contribution < 1.29 is 4.39 Å². The first kappa shape index (κ1) is 11.8. The molecule has 0 fully saturated rings. The normalized spacial score (nSPS) is 10.4. The molecule has 0 aromatic heterocycles. The summed E-state index contributed by atoms with van der Waals surface area (Å²) in [6.07, 6.45) is 0.968. The molecule has 2 aromatic rings. The van der Waals surface area contributed by atoms with Crippen LogP contribution in [-0.4, -0.2) is 6.54 Å². The summed E-state index contributed by atoms with van der Waals surface area (Å²) in [4.78, 5) is 0. The van der Waals surface area contributed by atoms with Crippen molar-refractivity contribution in [2.45, 2.75) is 13.0 Å². The van der Waals surface area contributed by atoms with Crippen LogP contribution in [-0.2, 0) is 13.0 Å². The minimum absolute atomic E-state index is 0.139. The van der Waals surface area contributed by atoms with Crippen LogP contribution in [0.3, 0.4) is 0 Å². The van der Waals surface area contributed by atoms with Gasteiger partial charge in [0.2, 0.25) is 0 Å². The van der Waals surface area contributed by atoms with Gasteiger partial charge in [0.1, 0.15) is 5.82 Å². The highest BCUT2D eigenvalue weighted by atomic mass is 19.1. The molecular formula is C15H16FN. The van der Waals surface area contributed by atoms with Crippen molar-refractivity contribution in [1.82, 2.24) is 5.32 Å². The average Bonchev–Trinajstić information content (AvgIpc) is 2.38. The summed E-state index contributed by atoms with van der Waals surface area (Å²) in [7, 11) is 0. The lowest BCUT2D eigenvalue weighted by molar-refractivity contribution is 0.588. The van der Waals surface area contributed by atoms with E-state index in [0.717, 1.165) is 18.5 Å². The molecule has 2 rings (SSSR count). The van der Waals surface area contributed by atoms with Gasteiger partial charge in [0, 0.05) is 12.1 Å². The molecule has 1 nitrogen and oxygen atoms in total. The van der Waals surface area contributed by atoms with Gasteiger partial charge in [-0.1, -0.05) is 48.5 Å². The van der Waals surface area contributed by atoms with Gasteiger partial charge in [-0.3, -0.25) is 0 Å². The maximum absolute atomic E-state index is 13.3. The number of rotatable bonds is 5. The van der Waals surface area contributed by atoms with Crippen LogP contribution in [0.5, 0.6) is 0 Å². The summed E-state index contributed by atoms with van der Waals surface area (Å²) in [5, 5.41) is 3.25. The van der Waals surface area contributed by atoms with Gasteiger partial charge in [0.15, 0.2) is 0 Å². The monoisotopic (exact) mass is 229 g/mol. The Balaban J connectivity index is 1.76. The zero-order chi connectivity index (χ0) is 11.9. The van der Waals surface area contributed by atoms with E-state index in [0.29, 0.717) is 6.54 Å². The number of benzene rings is 2. The van der Waals surface area contributed by atoms with Gasteiger partial charge >= 0.3 is 0 Å². The Kier molecular flexibility index (Phi) is 4.28. The second-order valence-corrected chi connectivity index (χ2v) is 4.00. The first-order valence-electron chi connectivity index (χ1n) is 5.84. The van der Waals surface area contributed by atoms with E-state index in [9.17, 15) is 4.39 Å². The van der Waals surface area contributed by atoms with Gasteiger partial charge in [0.05, 0.1) is 0 Å². The first-order chi connectivity index (χ1) is 8.36. The molecule has 0 amide bonds. The fourth-order valence-electron chi connectivity index (χ4n) is 1.74. The van der Waals surface area contributed by atoms with Crippen LogP contribution in [0.25, 0.3) is 0 Å². The highest BCUT2D eigenvalue weighted by molar-refractivity contribution is 5.17. The third kappa shape index (κ3) is 3.68. The number of halogens is 1. The van der Waals surface area contributed by atoms with Gasteiger partial charge in [-0.25, -0.2) is 4.39 Å². The number of hydrogen-bond donors (Lipinski definition) is 1. The molecule has 0 aliphatic heterocycles. The van der Waals surface area contributed by atoms with Crippen molar-refractivity contribution in [3.8, 4) is 0 Å². The van der Waals surface area contributed by atoms with E-state index in [2.05, 4.69) is 17.4 Å². The Bertz CT molecular complexity index is 453. The van der Waals surface area contributed by atoms with Crippen molar-refractivity contribution in [3.63, 3.8) is 0 Å². The Morgan fingerprint density at radius 2 is 1.59 bits per heavy atom. The fourth-order valence-corrected chi connectivity index (χ4v) is 1.74. The Morgan fingerprint density at radius 1 is 0.882 bits per heavy atom. The standard InChI is InChI=1S/C15H16FN/c16-15-9-5-4-8-14(15)12-17-11-10-13-6-2-1-3-7-13/h1-9,17H,10-12H2. The lowest BCUT2D eigenvalue weighted by Crippen LogP contribution is -2.17. The van der Waals surface area contributed by atoms with Crippen molar-refractivity contribution in [2.75, 3.05) is 6.54 Å². The largest absolute Gasteiger partial charge is 0.312 e. The molecule has 17 heavy (non-hydrogen) atoms. The molecule has 0 spiro atoms. The van der Waals surface area contributed by atoms with E-state index in [-0.39, 0.29) is 5.82 Å². The first-order valence-corrected chi connectivity index (χ1v) is 5.84. The molecule has 0 saturated carbocycles. The zero-order valence-electron chi connectivity index (χ0n) is 9.70. The second kappa shape index (κ2) is 6.16. The van der Waals surface area contributed by atoms with Crippen LogP contribution < -0.4 is 5.32 Å². The van der Waals surface area contributed by atoms with Crippen LogP contribution >= 0.6 is 0 Å². The summed E-state index contributed by atoms with van der Waals surface area (Å²) in [5.41, 5.74) is 2.02. The van der Waals surface area contributed by atoms with Crippen molar-refractivity contribution in [1.29, 1.82) is 0 Å². The average molecular weight is 229 g/mol. The molecule has 2 heteroatoms. The van der Waals surface area contributed by atoms with E-state index in [1.807, 2.05) is 30.3 Å². The number of hydrogen-bond acceptors (Lipinski definition) is 1. The Morgan fingerprint density at radius 3 is 2.35 bits per heavy atom. The Hall–Kier alpha value is -1.67. The fraction of sp³-hybridized carbons (Fsp3) is 0.200. The molecule has 1 N–H and O–H groups in total. The summed E-state index contributed by atoms with van der Waals surface area (Å²) >= 11 is 0. The van der Waals surface area contributed by atoms with Gasteiger partial charge in [-0.05, 0) is 24.6 Å². The minimum atomic E-state index is -0.139. The molecule has 0 aliphatic carbocycles. The summed E-state index contributed by atoms with van der Waals surface area (Å²) in [6.45, 7) is 1.44. The lowest BCUT2D eigenvalue weighted by atomic mass is 10.1. The van der Waals surface area contributed by atoms with Crippen LogP contribution in [0.4, 0.5) is 4.39 Å². The van der Waals surface area contributed by atoms with Gasteiger partial charge in [-0.15, -0.1) is 0 Å². The van der Waals surface area contributed by atoms with Crippen LogP contribution in [0.1, 0.15) is 11.1 Å². The van der Waals surface area contributed by atoms with E-state index >= 15 is 0 Å². The Labute approximate surface area is 101 Å². The van der Waals surface area contributed by atoms with Crippen molar-refractivity contribution >= 4 is 0 Å². The van der Waals surface area contributed by atoms with E-state index in [1.165, 1.54) is 11.6 Å². The molecule has 0 bridgehead atoms. The molecule has 0 radical (unpaired) electrons. The highest BCUT2D eigenvalue weighted by Gasteiger charge is 1.99. The molecular weight excluding hydrogens is 213 g/mol. The molecule has 0 unspecified atom stereocenters. The van der Waals surface area contributed by atoms with Crippen molar-refractivity contribution in [2.24, 2.45) is 0 Å². The van der Waals surface area contributed by atoms with E-state index in [4.69, 9.17) is 0 Å². The third-order valence-electron chi connectivity index (χ3n) is 2.71. The third-order valence-corrected chi connectivity index (χ3v) is 2.71. The zero-order valence-corrected chi connectivity index (χ0v) is 9.70. The van der Waals surface area contributed by atoms with Crippen LogP contribution in [0.15, 0.2) is 54.6 Å². The maximum Gasteiger partial charge on any atom is 0.127 e. The van der Waals surface area contributed by atoms with Gasteiger partial charge < -0.3 is 5.32 Å². The van der Waals surface area contributed by atoms with Gasteiger partial charge in [-0.2, -0.15) is 0 Å². The smallest absolute Gasteiger partial charge is 0.127 e.